The first-order chi connectivity index (χ1) is 13.0. The molecule has 27 heavy (non-hydrogen) atoms. The van der Waals surface area contributed by atoms with E-state index in [4.69, 9.17) is 4.52 Å². The SMILES string of the molecule is FC(F)(F)c1ccccc1Cn1nc(-c2ncccn2)cc1-c1ccon1. The van der Waals surface area contributed by atoms with Gasteiger partial charge in [0, 0.05) is 18.5 Å². The summed E-state index contributed by atoms with van der Waals surface area (Å²) in [6, 6.07) is 10.3. The highest BCUT2D eigenvalue weighted by Gasteiger charge is 2.33. The quantitative estimate of drug-likeness (QED) is 0.541. The average Bonchev–Trinajstić information content (AvgIpc) is 3.32. The van der Waals surface area contributed by atoms with Crippen molar-refractivity contribution in [2.24, 2.45) is 0 Å². The monoisotopic (exact) mass is 371 g/mol. The summed E-state index contributed by atoms with van der Waals surface area (Å²) in [4.78, 5) is 8.28. The molecule has 0 fully saturated rings. The second-order valence-electron chi connectivity index (χ2n) is 5.68. The normalized spacial score (nSPS) is 11.7. The molecule has 136 valence electrons. The molecular weight excluding hydrogens is 359 g/mol. The van der Waals surface area contributed by atoms with Crippen LogP contribution in [0.4, 0.5) is 13.2 Å². The Morgan fingerprint density at radius 3 is 2.44 bits per heavy atom. The molecule has 4 aromatic rings. The van der Waals surface area contributed by atoms with E-state index in [1.807, 2.05) is 0 Å². The van der Waals surface area contributed by atoms with Crippen LogP contribution >= 0.6 is 0 Å². The highest BCUT2D eigenvalue weighted by atomic mass is 19.4. The Hall–Kier alpha value is -3.49. The molecule has 0 N–H and O–H groups in total. The minimum Gasteiger partial charge on any atom is -0.364 e. The Balaban J connectivity index is 1.80. The molecule has 0 saturated heterocycles. The second kappa shape index (κ2) is 6.67. The van der Waals surface area contributed by atoms with Gasteiger partial charge in [0.2, 0.25) is 0 Å². The molecule has 0 aliphatic heterocycles. The smallest absolute Gasteiger partial charge is 0.364 e. The van der Waals surface area contributed by atoms with E-state index in [2.05, 4.69) is 20.2 Å². The molecule has 3 aromatic heterocycles. The lowest BCUT2D eigenvalue weighted by Gasteiger charge is -2.13. The van der Waals surface area contributed by atoms with Gasteiger partial charge in [-0.2, -0.15) is 18.3 Å². The van der Waals surface area contributed by atoms with E-state index in [1.165, 1.54) is 23.1 Å². The Bertz CT molecular complexity index is 1040. The van der Waals surface area contributed by atoms with Crippen molar-refractivity contribution < 1.29 is 17.7 Å². The third-order valence-electron chi connectivity index (χ3n) is 3.92. The highest BCUT2D eigenvalue weighted by molar-refractivity contribution is 5.62. The number of rotatable bonds is 4. The third-order valence-corrected chi connectivity index (χ3v) is 3.92. The number of aromatic nitrogens is 5. The van der Waals surface area contributed by atoms with Gasteiger partial charge >= 0.3 is 6.18 Å². The Kier molecular flexibility index (Phi) is 4.19. The molecule has 3 heterocycles. The zero-order valence-electron chi connectivity index (χ0n) is 13.8. The number of hydrogen-bond donors (Lipinski definition) is 0. The molecule has 0 spiro atoms. The number of alkyl halides is 3. The van der Waals surface area contributed by atoms with E-state index in [9.17, 15) is 13.2 Å². The van der Waals surface area contributed by atoms with Gasteiger partial charge in [0.1, 0.15) is 17.7 Å². The standard InChI is InChI=1S/C18H12F3N5O/c19-18(20,21)13-5-2-1-4-12(13)11-26-16(14-6-9-27-25-14)10-15(24-26)17-22-7-3-8-23-17/h1-10H,11H2. The number of benzene rings is 1. The topological polar surface area (TPSA) is 69.6 Å². The van der Waals surface area contributed by atoms with Crippen molar-refractivity contribution in [2.45, 2.75) is 12.7 Å². The lowest BCUT2D eigenvalue weighted by molar-refractivity contribution is -0.138. The van der Waals surface area contributed by atoms with E-state index in [1.54, 1.807) is 36.7 Å². The molecule has 9 heteroatoms. The number of hydrogen-bond acceptors (Lipinski definition) is 5. The minimum absolute atomic E-state index is 0.0925. The first-order valence-electron chi connectivity index (χ1n) is 7.93. The van der Waals surface area contributed by atoms with Crippen molar-refractivity contribution in [2.75, 3.05) is 0 Å². The summed E-state index contributed by atoms with van der Waals surface area (Å²) in [5.74, 6) is 0.366. The largest absolute Gasteiger partial charge is 0.416 e. The molecule has 0 saturated carbocycles. The fourth-order valence-corrected chi connectivity index (χ4v) is 2.72. The molecular formula is C18H12F3N5O. The lowest BCUT2D eigenvalue weighted by atomic mass is 10.1. The minimum atomic E-state index is -4.46. The van der Waals surface area contributed by atoms with Crippen LogP contribution in [0.5, 0.6) is 0 Å². The van der Waals surface area contributed by atoms with E-state index in [0.29, 0.717) is 22.9 Å². The summed E-state index contributed by atoms with van der Waals surface area (Å²) in [5.41, 5.74) is 0.776. The van der Waals surface area contributed by atoms with Crippen LogP contribution in [0.1, 0.15) is 11.1 Å². The average molecular weight is 371 g/mol. The van der Waals surface area contributed by atoms with Crippen LogP contribution < -0.4 is 0 Å². The zero-order valence-corrected chi connectivity index (χ0v) is 13.8. The molecule has 0 bridgehead atoms. The van der Waals surface area contributed by atoms with Gasteiger partial charge in [-0.1, -0.05) is 23.4 Å². The maximum Gasteiger partial charge on any atom is 0.416 e. The Morgan fingerprint density at radius 2 is 1.74 bits per heavy atom. The fourth-order valence-electron chi connectivity index (χ4n) is 2.72. The molecule has 0 unspecified atom stereocenters. The van der Waals surface area contributed by atoms with Gasteiger partial charge < -0.3 is 4.52 Å². The second-order valence-corrected chi connectivity index (χ2v) is 5.68. The van der Waals surface area contributed by atoms with Crippen LogP contribution in [0, 0.1) is 0 Å². The van der Waals surface area contributed by atoms with E-state index in [0.717, 1.165) is 6.07 Å². The Morgan fingerprint density at radius 1 is 0.963 bits per heavy atom. The van der Waals surface area contributed by atoms with Crippen LogP contribution in [0.3, 0.4) is 0 Å². The zero-order chi connectivity index (χ0) is 18.9. The molecule has 6 nitrogen and oxygen atoms in total. The predicted molar refractivity (Wildman–Crippen MR) is 89.3 cm³/mol. The summed E-state index contributed by atoms with van der Waals surface area (Å²) < 4.78 is 46.3. The summed E-state index contributed by atoms with van der Waals surface area (Å²) in [7, 11) is 0. The molecule has 0 radical (unpaired) electrons. The maximum absolute atomic E-state index is 13.3. The van der Waals surface area contributed by atoms with Gasteiger partial charge in [0.15, 0.2) is 5.82 Å². The molecule has 0 amide bonds. The molecule has 0 aliphatic carbocycles. The lowest BCUT2D eigenvalue weighted by Crippen LogP contribution is -2.13. The van der Waals surface area contributed by atoms with Gasteiger partial charge in [-0.15, -0.1) is 0 Å². The molecule has 1 aromatic carbocycles. The molecule has 4 rings (SSSR count). The summed E-state index contributed by atoms with van der Waals surface area (Å²) in [6.07, 6.45) is 0.0599. The van der Waals surface area contributed by atoms with Gasteiger partial charge in [-0.05, 0) is 23.8 Å². The van der Waals surface area contributed by atoms with Gasteiger partial charge in [-0.3, -0.25) is 4.68 Å². The maximum atomic E-state index is 13.3. The molecule has 0 aliphatic rings. The van der Waals surface area contributed by atoms with Crippen LogP contribution in [0.15, 0.2) is 65.6 Å². The summed E-state index contributed by atoms with van der Waals surface area (Å²) in [5, 5.41) is 8.27. The number of halogens is 3. The first-order valence-corrected chi connectivity index (χ1v) is 7.93. The van der Waals surface area contributed by atoms with Crippen LogP contribution in [0.2, 0.25) is 0 Å². The number of nitrogens with zero attached hydrogens (tertiary/aromatic N) is 5. The van der Waals surface area contributed by atoms with Crippen molar-refractivity contribution in [3.05, 3.63) is 72.2 Å². The predicted octanol–water partition coefficient (Wildman–Crippen LogP) is 4.06. The van der Waals surface area contributed by atoms with Crippen LogP contribution in [-0.2, 0) is 12.7 Å². The van der Waals surface area contributed by atoms with E-state index < -0.39 is 11.7 Å². The highest BCUT2D eigenvalue weighted by Crippen LogP contribution is 2.33. The van der Waals surface area contributed by atoms with Crippen molar-refractivity contribution in [3.63, 3.8) is 0 Å². The third kappa shape index (κ3) is 3.43. The summed E-state index contributed by atoms with van der Waals surface area (Å²) in [6.45, 7) is -0.0925. The van der Waals surface area contributed by atoms with Crippen molar-refractivity contribution >= 4 is 0 Å². The van der Waals surface area contributed by atoms with Crippen LogP contribution in [0.25, 0.3) is 22.9 Å². The van der Waals surface area contributed by atoms with Gasteiger partial charge in [0.05, 0.1) is 17.8 Å². The van der Waals surface area contributed by atoms with Crippen molar-refractivity contribution in [3.8, 4) is 22.9 Å². The molecule has 0 atom stereocenters. The van der Waals surface area contributed by atoms with Crippen molar-refractivity contribution in [1.82, 2.24) is 24.9 Å². The fraction of sp³-hybridized carbons (Fsp3) is 0.111. The summed E-state index contributed by atoms with van der Waals surface area (Å²) >= 11 is 0. The van der Waals surface area contributed by atoms with Crippen molar-refractivity contribution in [1.29, 1.82) is 0 Å². The Labute approximate surface area is 151 Å². The van der Waals surface area contributed by atoms with Gasteiger partial charge in [0.25, 0.3) is 0 Å². The first kappa shape index (κ1) is 17.0. The van der Waals surface area contributed by atoms with E-state index in [-0.39, 0.29) is 12.1 Å². The van der Waals surface area contributed by atoms with Gasteiger partial charge in [-0.25, -0.2) is 9.97 Å². The van der Waals surface area contributed by atoms with E-state index >= 15 is 0 Å². The van der Waals surface area contributed by atoms with Crippen LogP contribution in [-0.4, -0.2) is 24.9 Å².